The van der Waals surface area contributed by atoms with Crippen LogP contribution in [0.1, 0.15) is 39.7 Å². The molecule has 2 amide bonds. The molecular formula is C29H37N3O5S. The fourth-order valence-corrected chi connectivity index (χ4v) is 5.33. The molecule has 9 heteroatoms. The van der Waals surface area contributed by atoms with Crippen molar-refractivity contribution in [2.45, 2.75) is 57.1 Å². The van der Waals surface area contributed by atoms with Crippen molar-refractivity contribution in [2.75, 3.05) is 20.7 Å². The number of benzene rings is 3. The average molecular weight is 540 g/mol. The molecule has 3 aromatic carbocycles. The minimum Gasteiger partial charge on any atom is -0.497 e. The molecule has 38 heavy (non-hydrogen) atoms. The molecule has 204 valence electrons. The number of methoxy groups -OCH3 is 1. The summed E-state index contributed by atoms with van der Waals surface area (Å²) < 4.78 is 33.0. The summed E-state index contributed by atoms with van der Waals surface area (Å²) in [6.07, 6.45) is 0.366. The monoisotopic (exact) mass is 539 g/mol. The number of hydrogen-bond donors (Lipinski definition) is 1. The first-order chi connectivity index (χ1) is 17.9. The molecular weight excluding hydrogens is 502 g/mol. The first kappa shape index (κ1) is 29.1. The van der Waals surface area contributed by atoms with Gasteiger partial charge in [0.2, 0.25) is 21.8 Å². The van der Waals surface area contributed by atoms with Gasteiger partial charge in [0.25, 0.3) is 0 Å². The van der Waals surface area contributed by atoms with Crippen molar-refractivity contribution in [1.29, 1.82) is 0 Å². The highest BCUT2D eigenvalue weighted by Crippen LogP contribution is 2.22. The number of ether oxygens (including phenoxy) is 1. The number of carbonyl (C=O) groups is 2. The molecule has 0 aliphatic rings. The fraction of sp³-hybridized carbons (Fsp3) is 0.379. The minimum atomic E-state index is -3.95. The highest BCUT2D eigenvalue weighted by molar-refractivity contribution is 7.89. The van der Waals surface area contributed by atoms with E-state index in [0.29, 0.717) is 12.2 Å². The second kappa shape index (κ2) is 12.0. The van der Waals surface area contributed by atoms with E-state index in [-0.39, 0.29) is 17.3 Å². The summed E-state index contributed by atoms with van der Waals surface area (Å²) in [5, 5.41) is 4.67. The molecule has 1 unspecified atom stereocenters. The third-order valence-electron chi connectivity index (χ3n) is 6.18. The Balaban J connectivity index is 1.89. The number of fused-ring (bicyclic) bond motifs is 1. The lowest BCUT2D eigenvalue weighted by Crippen LogP contribution is -2.55. The Labute approximate surface area is 225 Å². The standard InChI is InChI=1S/C29H37N3O5S/c1-7-26(28(34)30-29(2,3)4)32(19-21-12-15-24(37-6)16-13-21)27(33)20-31(5)38(35,36)25-17-14-22-10-8-9-11-23(22)18-25/h8-18,26H,7,19-20H2,1-6H3,(H,30,34). The van der Waals surface area contributed by atoms with Crippen LogP contribution in [0, 0.1) is 0 Å². The minimum absolute atomic E-state index is 0.103. The summed E-state index contributed by atoms with van der Waals surface area (Å²) in [7, 11) is -1.00. The Morgan fingerprint density at radius 1 is 0.974 bits per heavy atom. The summed E-state index contributed by atoms with van der Waals surface area (Å²) in [4.78, 5) is 28.4. The van der Waals surface area contributed by atoms with E-state index in [9.17, 15) is 18.0 Å². The molecule has 0 saturated heterocycles. The van der Waals surface area contributed by atoms with E-state index < -0.39 is 34.1 Å². The van der Waals surface area contributed by atoms with Gasteiger partial charge in [-0.2, -0.15) is 4.31 Å². The number of sulfonamides is 1. The van der Waals surface area contributed by atoms with Crippen LogP contribution in [0.3, 0.4) is 0 Å². The van der Waals surface area contributed by atoms with Crippen LogP contribution in [-0.2, 0) is 26.2 Å². The number of nitrogens with zero attached hydrogens (tertiary/aromatic N) is 2. The Bertz CT molecular complexity index is 1380. The smallest absolute Gasteiger partial charge is 0.243 e. The van der Waals surface area contributed by atoms with Crippen molar-refractivity contribution in [3.63, 3.8) is 0 Å². The van der Waals surface area contributed by atoms with Gasteiger partial charge in [-0.25, -0.2) is 8.42 Å². The number of amides is 2. The molecule has 0 saturated carbocycles. The predicted octanol–water partition coefficient (Wildman–Crippen LogP) is 4.19. The largest absolute Gasteiger partial charge is 0.497 e. The SMILES string of the molecule is CCC(C(=O)NC(C)(C)C)N(Cc1ccc(OC)cc1)C(=O)CN(C)S(=O)(=O)c1ccc2ccccc2c1. The van der Waals surface area contributed by atoms with Gasteiger partial charge in [0, 0.05) is 19.1 Å². The molecule has 0 radical (unpaired) electrons. The van der Waals surface area contributed by atoms with Gasteiger partial charge in [0.1, 0.15) is 11.8 Å². The maximum absolute atomic E-state index is 13.7. The Kier molecular flexibility index (Phi) is 9.17. The topological polar surface area (TPSA) is 96.0 Å². The van der Waals surface area contributed by atoms with Crippen molar-refractivity contribution >= 4 is 32.6 Å². The zero-order valence-electron chi connectivity index (χ0n) is 22.9. The van der Waals surface area contributed by atoms with Gasteiger partial charge in [-0.3, -0.25) is 9.59 Å². The van der Waals surface area contributed by atoms with Crippen molar-refractivity contribution in [2.24, 2.45) is 0 Å². The highest BCUT2D eigenvalue weighted by atomic mass is 32.2. The lowest BCUT2D eigenvalue weighted by molar-refractivity contribution is -0.142. The van der Waals surface area contributed by atoms with Crippen molar-refractivity contribution in [1.82, 2.24) is 14.5 Å². The van der Waals surface area contributed by atoms with Crippen LogP contribution < -0.4 is 10.1 Å². The molecule has 0 aromatic heterocycles. The van der Waals surface area contributed by atoms with Crippen molar-refractivity contribution < 1.29 is 22.7 Å². The summed E-state index contributed by atoms with van der Waals surface area (Å²) in [6.45, 7) is 7.18. The molecule has 3 aromatic rings. The molecule has 3 rings (SSSR count). The van der Waals surface area contributed by atoms with Gasteiger partial charge < -0.3 is 15.0 Å². The third kappa shape index (κ3) is 7.11. The second-order valence-electron chi connectivity index (χ2n) is 10.3. The van der Waals surface area contributed by atoms with Gasteiger partial charge in [0.15, 0.2) is 0 Å². The van der Waals surface area contributed by atoms with Gasteiger partial charge in [-0.05, 0) is 67.8 Å². The average Bonchev–Trinajstić information content (AvgIpc) is 2.87. The van der Waals surface area contributed by atoms with Gasteiger partial charge in [-0.15, -0.1) is 0 Å². The van der Waals surface area contributed by atoms with E-state index in [0.717, 1.165) is 20.6 Å². The van der Waals surface area contributed by atoms with Crippen LogP contribution in [0.5, 0.6) is 5.75 Å². The van der Waals surface area contributed by atoms with E-state index in [1.165, 1.54) is 11.9 Å². The lowest BCUT2D eigenvalue weighted by atomic mass is 10.1. The van der Waals surface area contributed by atoms with E-state index in [4.69, 9.17) is 4.74 Å². The molecule has 0 aliphatic carbocycles. The fourth-order valence-electron chi connectivity index (χ4n) is 4.17. The van der Waals surface area contributed by atoms with Gasteiger partial charge >= 0.3 is 0 Å². The molecule has 1 atom stereocenters. The molecule has 8 nitrogen and oxygen atoms in total. The zero-order valence-corrected chi connectivity index (χ0v) is 23.7. The Morgan fingerprint density at radius 3 is 2.18 bits per heavy atom. The number of rotatable bonds is 10. The van der Waals surface area contributed by atoms with E-state index >= 15 is 0 Å². The number of nitrogens with one attached hydrogen (secondary N) is 1. The van der Waals surface area contributed by atoms with Crippen molar-refractivity contribution in [3.8, 4) is 5.75 Å². The van der Waals surface area contributed by atoms with Gasteiger partial charge in [0.05, 0.1) is 18.6 Å². The van der Waals surface area contributed by atoms with Crippen LogP contribution in [0.2, 0.25) is 0 Å². The molecule has 0 fully saturated rings. The maximum Gasteiger partial charge on any atom is 0.243 e. The normalized spacial score (nSPS) is 12.8. The summed E-state index contributed by atoms with van der Waals surface area (Å²) >= 11 is 0. The van der Waals surface area contributed by atoms with E-state index in [1.807, 2.05) is 64.1 Å². The van der Waals surface area contributed by atoms with Gasteiger partial charge in [-0.1, -0.05) is 49.4 Å². The third-order valence-corrected chi connectivity index (χ3v) is 7.98. The molecule has 1 N–H and O–H groups in total. The highest BCUT2D eigenvalue weighted by Gasteiger charge is 2.33. The summed E-state index contributed by atoms with van der Waals surface area (Å²) in [5.74, 6) is -0.0872. The molecule has 0 aliphatic heterocycles. The van der Waals surface area contributed by atoms with E-state index in [2.05, 4.69) is 5.32 Å². The Morgan fingerprint density at radius 2 is 1.61 bits per heavy atom. The van der Waals surface area contributed by atoms with Crippen LogP contribution >= 0.6 is 0 Å². The van der Waals surface area contributed by atoms with Crippen LogP contribution in [-0.4, -0.2) is 61.7 Å². The van der Waals surface area contributed by atoms with Crippen molar-refractivity contribution in [3.05, 3.63) is 72.3 Å². The molecule has 0 heterocycles. The second-order valence-corrected chi connectivity index (χ2v) is 12.3. The van der Waals surface area contributed by atoms with Crippen LogP contribution in [0.25, 0.3) is 10.8 Å². The first-order valence-corrected chi connectivity index (χ1v) is 14.0. The quantitative estimate of drug-likeness (QED) is 0.417. The first-order valence-electron chi connectivity index (χ1n) is 12.6. The number of carbonyl (C=O) groups excluding carboxylic acids is 2. The van der Waals surface area contributed by atoms with Crippen LogP contribution in [0.15, 0.2) is 71.6 Å². The van der Waals surface area contributed by atoms with E-state index in [1.54, 1.807) is 37.4 Å². The lowest BCUT2D eigenvalue weighted by Gasteiger charge is -2.34. The maximum atomic E-state index is 13.7. The zero-order chi connectivity index (χ0) is 28.1. The molecule has 0 spiro atoms. The van der Waals surface area contributed by atoms with Crippen LogP contribution in [0.4, 0.5) is 0 Å². The predicted molar refractivity (Wildman–Crippen MR) is 149 cm³/mol. The Hall–Kier alpha value is -3.43. The number of hydrogen-bond acceptors (Lipinski definition) is 5. The molecule has 0 bridgehead atoms. The summed E-state index contributed by atoms with van der Waals surface area (Å²) in [5.41, 5.74) is 0.302. The number of likely N-dealkylation sites (N-methyl/N-ethyl adjacent to an activating group) is 1. The summed E-state index contributed by atoms with van der Waals surface area (Å²) in [6, 6.07) is 18.8.